The first-order valence-corrected chi connectivity index (χ1v) is 8.57. The van der Waals surface area contributed by atoms with E-state index in [9.17, 15) is 9.59 Å². The standard InChI is InChI=1S/C16H14N2O2.C5H10O2/c1-11(19)16-14-9-13(7-8-15(14)17-18-16)20-10-12-5-3-2-4-6-12;1-5(2,3)7-4-6/h2-9H,10H2,1H3,(H,17,18);4H,1-3H3. The summed E-state index contributed by atoms with van der Waals surface area (Å²) in [6.45, 7) is 7.93. The predicted molar refractivity (Wildman–Crippen MR) is 104 cm³/mol. The number of nitrogens with one attached hydrogen (secondary N) is 1. The molecule has 1 aromatic heterocycles. The van der Waals surface area contributed by atoms with Gasteiger partial charge in [0.05, 0.1) is 5.52 Å². The summed E-state index contributed by atoms with van der Waals surface area (Å²) in [5, 5.41) is 7.66. The molecule has 3 rings (SSSR count). The monoisotopic (exact) mass is 368 g/mol. The zero-order valence-corrected chi connectivity index (χ0v) is 16.0. The lowest BCUT2D eigenvalue weighted by Crippen LogP contribution is -2.17. The first-order chi connectivity index (χ1) is 12.8. The van der Waals surface area contributed by atoms with E-state index >= 15 is 0 Å². The lowest BCUT2D eigenvalue weighted by molar-refractivity contribution is -0.138. The average molecular weight is 368 g/mol. The van der Waals surface area contributed by atoms with Gasteiger partial charge in [-0.3, -0.25) is 14.7 Å². The van der Waals surface area contributed by atoms with Gasteiger partial charge >= 0.3 is 0 Å². The zero-order chi connectivity index (χ0) is 19.9. The van der Waals surface area contributed by atoms with Crippen LogP contribution in [0.15, 0.2) is 48.5 Å². The third-order valence-electron chi connectivity index (χ3n) is 3.52. The molecule has 0 fully saturated rings. The van der Waals surface area contributed by atoms with Gasteiger partial charge in [0.2, 0.25) is 0 Å². The van der Waals surface area contributed by atoms with Crippen LogP contribution in [-0.4, -0.2) is 28.1 Å². The van der Waals surface area contributed by atoms with Gasteiger partial charge in [-0.2, -0.15) is 5.10 Å². The number of rotatable bonds is 5. The number of aromatic nitrogens is 2. The van der Waals surface area contributed by atoms with Gasteiger partial charge in [0, 0.05) is 12.3 Å². The lowest BCUT2D eigenvalue weighted by Gasteiger charge is -2.14. The molecule has 0 atom stereocenters. The van der Waals surface area contributed by atoms with Crippen molar-refractivity contribution in [2.24, 2.45) is 0 Å². The van der Waals surface area contributed by atoms with Gasteiger partial charge in [-0.15, -0.1) is 0 Å². The predicted octanol–water partition coefficient (Wildman–Crippen LogP) is 4.30. The number of H-pyrrole nitrogens is 1. The molecule has 0 aliphatic carbocycles. The Kier molecular flexibility index (Phi) is 6.71. The Morgan fingerprint density at radius 1 is 1.15 bits per heavy atom. The number of carbonyl (C=O) groups is 2. The van der Waals surface area contributed by atoms with Crippen molar-refractivity contribution in [2.75, 3.05) is 0 Å². The van der Waals surface area contributed by atoms with Crippen LogP contribution in [0.1, 0.15) is 43.7 Å². The highest BCUT2D eigenvalue weighted by Gasteiger charge is 2.10. The fourth-order valence-corrected chi connectivity index (χ4v) is 2.24. The topological polar surface area (TPSA) is 81.3 Å². The molecule has 0 aliphatic heterocycles. The number of carbonyl (C=O) groups excluding carboxylic acids is 2. The van der Waals surface area contributed by atoms with Crippen LogP contribution in [0, 0.1) is 0 Å². The minimum atomic E-state index is -0.318. The maximum atomic E-state index is 11.5. The van der Waals surface area contributed by atoms with E-state index in [1.807, 2.05) is 69.3 Å². The van der Waals surface area contributed by atoms with Gasteiger partial charge in [-0.05, 0) is 44.5 Å². The van der Waals surface area contributed by atoms with Crippen molar-refractivity contribution in [3.05, 3.63) is 59.8 Å². The molecule has 0 radical (unpaired) electrons. The van der Waals surface area contributed by atoms with Crippen LogP contribution < -0.4 is 4.74 Å². The first-order valence-electron chi connectivity index (χ1n) is 8.57. The van der Waals surface area contributed by atoms with Crippen LogP contribution in [-0.2, 0) is 16.1 Å². The van der Waals surface area contributed by atoms with Crippen molar-refractivity contribution in [3.8, 4) is 5.75 Å². The molecule has 3 aromatic rings. The number of ketones is 1. The summed E-state index contributed by atoms with van der Waals surface area (Å²) in [5.74, 6) is 0.668. The number of Topliss-reactive ketones (excluding diaryl/α,β-unsaturated/α-hetero) is 1. The summed E-state index contributed by atoms with van der Waals surface area (Å²) in [6, 6.07) is 15.5. The highest BCUT2D eigenvalue weighted by molar-refractivity contribution is 6.04. The second kappa shape index (κ2) is 8.98. The van der Waals surface area contributed by atoms with E-state index in [-0.39, 0.29) is 11.4 Å². The number of aromatic amines is 1. The molecule has 0 spiro atoms. The Balaban J connectivity index is 0.000000321. The second-order valence-corrected chi connectivity index (χ2v) is 6.94. The first kappa shape index (κ1) is 20.2. The van der Waals surface area contributed by atoms with Crippen LogP contribution in [0.2, 0.25) is 0 Å². The van der Waals surface area contributed by atoms with E-state index in [0.717, 1.165) is 22.2 Å². The molecule has 142 valence electrons. The van der Waals surface area contributed by atoms with E-state index in [2.05, 4.69) is 14.9 Å². The molecule has 27 heavy (non-hydrogen) atoms. The fourth-order valence-electron chi connectivity index (χ4n) is 2.24. The Labute approximate surface area is 158 Å². The van der Waals surface area contributed by atoms with Gasteiger partial charge in [0.15, 0.2) is 5.78 Å². The van der Waals surface area contributed by atoms with Gasteiger partial charge < -0.3 is 9.47 Å². The van der Waals surface area contributed by atoms with Crippen molar-refractivity contribution in [1.29, 1.82) is 0 Å². The largest absolute Gasteiger partial charge is 0.489 e. The molecule has 0 unspecified atom stereocenters. The molecule has 0 bridgehead atoms. The van der Waals surface area contributed by atoms with Crippen molar-refractivity contribution >= 4 is 23.2 Å². The number of hydrogen-bond acceptors (Lipinski definition) is 5. The van der Waals surface area contributed by atoms with E-state index < -0.39 is 0 Å². The molecule has 1 heterocycles. The highest BCUT2D eigenvalue weighted by atomic mass is 16.5. The van der Waals surface area contributed by atoms with Crippen molar-refractivity contribution < 1.29 is 19.1 Å². The van der Waals surface area contributed by atoms with Crippen molar-refractivity contribution in [3.63, 3.8) is 0 Å². The van der Waals surface area contributed by atoms with E-state index in [1.54, 1.807) is 0 Å². The number of fused-ring (bicyclic) bond motifs is 1. The quantitative estimate of drug-likeness (QED) is 0.536. The van der Waals surface area contributed by atoms with Crippen molar-refractivity contribution in [1.82, 2.24) is 10.2 Å². The molecule has 0 saturated carbocycles. The molecular formula is C21H24N2O4. The number of nitrogens with zero attached hydrogens (tertiary/aromatic N) is 1. The maximum Gasteiger partial charge on any atom is 0.293 e. The summed E-state index contributed by atoms with van der Waals surface area (Å²) < 4.78 is 10.3. The van der Waals surface area contributed by atoms with Crippen LogP contribution >= 0.6 is 0 Å². The minimum absolute atomic E-state index is 0.0588. The lowest BCUT2D eigenvalue weighted by atomic mass is 10.1. The molecule has 0 amide bonds. The third kappa shape index (κ3) is 6.26. The summed E-state index contributed by atoms with van der Waals surface area (Å²) in [4.78, 5) is 21.1. The van der Waals surface area contributed by atoms with E-state index in [1.165, 1.54) is 6.92 Å². The molecule has 6 heteroatoms. The van der Waals surface area contributed by atoms with Gasteiger partial charge in [-0.25, -0.2) is 0 Å². The second-order valence-electron chi connectivity index (χ2n) is 6.94. The van der Waals surface area contributed by atoms with Crippen molar-refractivity contribution in [2.45, 2.75) is 39.9 Å². The van der Waals surface area contributed by atoms with Crippen LogP contribution in [0.3, 0.4) is 0 Å². The number of benzene rings is 2. The van der Waals surface area contributed by atoms with Gasteiger partial charge in [0.1, 0.15) is 23.7 Å². The Hall–Kier alpha value is -3.15. The SMILES string of the molecule is CC(=O)c1n[nH]c2ccc(OCc3ccccc3)cc12.CC(C)(C)OC=O. The normalized spacial score (nSPS) is 10.7. The average Bonchev–Trinajstić information content (AvgIpc) is 3.04. The van der Waals surface area contributed by atoms with E-state index in [4.69, 9.17) is 4.74 Å². The molecule has 6 nitrogen and oxygen atoms in total. The van der Waals surface area contributed by atoms with Crippen LogP contribution in [0.4, 0.5) is 0 Å². The molecule has 0 aliphatic rings. The molecular weight excluding hydrogens is 344 g/mol. The fraction of sp³-hybridized carbons (Fsp3) is 0.286. The van der Waals surface area contributed by atoms with Gasteiger partial charge in [-0.1, -0.05) is 30.3 Å². The number of hydrogen-bond donors (Lipinski definition) is 1. The summed E-state index contributed by atoms with van der Waals surface area (Å²) in [6.07, 6.45) is 0. The zero-order valence-electron chi connectivity index (χ0n) is 16.0. The molecule has 1 N–H and O–H groups in total. The summed E-state index contributed by atoms with van der Waals surface area (Å²) in [7, 11) is 0. The Morgan fingerprint density at radius 2 is 1.85 bits per heavy atom. The number of ether oxygens (including phenoxy) is 2. The molecule has 0 saturated heterocycles. The maximum absolute atomic E-state index is 11.5. The third-order valence-corrected chi connectivity index (χ3v) is 3.52. The summed E-state index contributed by atoms with van der Waals surface area (Å²) in [5.41, 5.74) is 2.07. The van der Waals surface area contributed by atoms with E-state index in [0.29, 0.717) is 18.8 Å². The molecule has 2 aromatic carbocycles. The summed E-state index contributed by atoms with van der Waals surface area (Å²) >= 11 is 0. The van der Waals surface area contributed by atoms with Crippen LogP contribution in [0.25, 0.3) is 10.9 Å². The smallest absolute Gasteiger partial charge is 0.293 e. The Morgan fingerprint density at radius 3 is 2.41 bits per heavy atom. The Bertz CT molecular complexity index is 895. The minimum Gasteiger partial charge on any atom is -0.489 e. The van der Waals surface area contributed by atoms with Crippen LogP contribution in [0.5, 0.6) is 5.75 Å². The highest BCUT2D eigenvalue weighted by Crippen LogP contribution is 2.23. The van der Waals surface area contributed by atoms with Gasteiger partial charge in [0.25, 0.3) is 6.47 Å².